The van der Waals surface area contributed by atoms with Crippen molar-refractivity contribution >= 4 is 5.78 Å². The summed E-state index contributed by atoms with van der Waals surface area (Å²) in [7, 11) is 0. The molecule has 0 fully saturated rings. The van der Waals surface area contributed by atoms with E-state index in [0.717, 1.165) is 12.1 Å². The van der Waals surface area contributed by atoms with Crippen LogP contribution in [0.3, 0.4) is 0 Å². The Labute approximate surface area is 92.7 Å². The molecule has 0 unspecified atom stereocenters. The van der Waals surface area contributed by atoms with Gasteiger partial charge in [0, 0.05) is 6.42 Å². The van der Waals surface area contributed by atoms with Crippen LogP contribution < -0.4 is 5.32 Å². The van der Waals surface area contributed by atoms with Crippen LogP contribution in [0.1, 0.15) is 5.56 Å². The third-order valence-corrected chi connectivity index (χ3v) is 1.93. The molecule has 16 heavy (non-hydrogen) atoms. The second-order valence-electron chi connectivity index (χ2n) is 3.27. The minimum atomic E-state index is -0.943. The van der Waals surface area contributed by atoms with Crippen LogP contribution >= 0.6 is 0 Å². The fourth-order valence-corrected chi connectivity index (χ4v) is 1.21. The van der Waals surface area contributed by atoms with Crippen LogP contribution in [0.5, 0.6) is 0 Å². The van der Waals surface area contributed by atoms with E-state index < -0.39 is 11.6 Å². The average Bonchev–Trinajstić information content (AvgIpc) is 2.24. The summed E-state index contributed by atoms with van der Waals surface area (Å²) in [5.41, 5.74) is 0.450. The van der Waals surface area contributed by atoms with Gasteiger partial charge in [-0.1, -0.05) is 12.0 Å². The minimum Gasteiger partial charge on any atom is -0.299 e. The number of carbonyl (C=O) groups is 1. The number of terminal acetylenes is 1. The zero-order valence-electron chi connectivity index (χ0n) is 8.59. The first-order valence-electron chi connectivity index (χ1n) is 4.73. The highest BCUT2D eigenvalue weighted by Gasteiger charge is 2.06. The molecule has 0 aromatic heterocycles. The maximum absolute atomic E-state index is 12.8. The van der Waals surface area contributed by atoms with Gasteiger partial charge in [-0.05, 0) is 17.7 Å². The SMILES string of the molecule is C#CCNCC(=O)Cc1ccc(F)c(F)c1. The molecule has 0 aliphatic rings. The van der Waals surface area contributed by atoms with Gasteiger partial charge < -0.3 is 0 Å². The topological polar surface area (TPSA) is 29.1 Å². The Hall–Kier alpha value is -1.73. The lowest BCUT2D eigenvalue weighted by Gasteiger charge is -2.02. The molecule has 0 aliphatic heterocycles. The van der Waals surface area contributed by atoms with Crippen molar-refractivity contribution < 1.29 is 13.6 Å². The summed E-state index contributed by atoms with van der Waals surface area (Å²) < 4.78 is 25.4. The first kappa shape index (κ1) is 12.3. The molecule has 1 N–H and O–H groups in total. The fraction of sp³-hybridized carbons (Fsp3) is 0.250. The largest absolute Gasteiger partial charge is 0.299 e. The molecule has 2 nitrogen and oxygen atoms in total. The summed E-state index contributed by atoms with van der Waals surface area (Å²) in [6.45, 7) is 0.437. The molecule has 1 aromatic carbocycles. The van der Waals surface area contributed by atoms with Gasteiger partial charge in [-0.2, -0.15) is 0 Å². The molecular weight excluding hydrogens is 212 g/mol. The van der Waals surface area contributed by atoms with Crippen LogP contribution in [-0.4, -0.2) is 18.9 Å². The molecule has 0 radical (unpaired) electrons. The molecule has 4 heteroatoms. The summed E-state index contributed by atoms with van der Waals surface area (Å²) >= 11 is 0. The number of halogens is 2. The second kappa shape index (κ2) is 5.99. The van der Waals surface area contributed by atoms with Gasteiger partial charge in [-0.25, -0.2) is 8.78 Å². The molecule has 0 saturated heterocycles. The Kier molecular flexibility index (Phi) is 4.62. The van der Waals surface area contributed by atoms with E-state index in [-0.39, 0.29) is 18.7 Å². The van der Waals surface area contributed by atoms with Crippen molar-refractivity contribution in [3.8, 4) is 12.3 Å². The highest BCUT2D eigenvalue weighted by molar-refractivity contribution is 5.82. The summed E-state index contributed by atoms with van der Waals surface area (Å²) in [4.78, 5) is 11.3. The van der Waals surface area contributed by atoms with Crippen LogP contribution in [0.25, 0.3) is 0 Å². The van der Waals surface area contributed by atoms with Gasteiger partial charge in [-0.15, -0.1) is 6.42 Å². The summed E-state index contributed by atoms with van der Waals surface area (Å²) in [6.07, 6.45) is 5.05. The second-order valence-corrected chi connectivity index (χ2v) is 3.27. The number of hydrogen-bond acceptors (Lipinski definition) is 2. The zero-order chi connectivity index (χ0) is 12.0. The number of nitrogens with one attached hydrogen (secondary N) is 1. The molecule has 0 amide bonds. The van der Waals surface area contributed by atoms with Gasteiger partial charge in [0.1, 0.15) is 0 Å². The van der Waals surface area contributed by atoms with Gasteiger partial charge in [-0.3, -0.25) is 10.1 Å². The summed E-state index contributed by atoms with van der Waals surface area (Å²) in [5.74, 6) is 0.349. The van der Waals surface area contributed by atoms with Gasteiger partial charge in [0.05, 0.1) is 13.1 Å². The van der Waals surface area contributed by atoms with Crippen molar-refractivity contribution in [1.29, 1.82) is 0 Å². The molecule has 0 atom stereocenters. The minimum absolute atomic E-state index is 0.0643. The Morgan fingerprint density at radius 1 is 1.38 bits per heavy atom. The van der Waals surface area contributed by atoms with E-state index in [1.165, 1.54) is 6.07 Å². The molecule has 1 aromatic rings. The van der Waals surface area contributed by atoms with Crippen molar-refractivity contribution in [2.45, 2.75) is 6.42 Å². The molecule has 0 saturated carbocycles. The van der Waals surface area contributed by atoms with Gasteiger partial charge in [0.15, 0.2) is 17.4 Å². The predicted molar refractivity (Wildman–Crippen MR) is 56.8 cm³/mol. The third-order valence-electron chi connectivity index (χ3n) is 1.93. The monoisotopic (exact) mass is 223 g/mol. The molecule has 0 aliphatic carbocycles. The van der Waals surface area contributed by atoms with E-state index in [1.807, 2.05) is 0 Å². The van der Waals surface area contributed by atoms with Crippen molar-refractivity contribution in [2.75, 3.05) is 13.1 Å². The normalized spacial score (nSPS) is 9.81. The van der Waals surface area contributed by atoms with E-state index in [4.69, 9.17) is 6.42 Å². The average molecular weight is 223 g/mol. The first-order valence-corrected chi connectivity index (χ1v) is 4.73. The lowest BCUT2D eigenvalue weighted by molar-refractivity contribution is -0.117. The summed E-state index contributed by atoms with van der Waals surface area (Å²) in [5, 5.41) is 2.73. The fourth-order valence-electron chi connectivity index (χ4n) is 1.21. The van der Waals surface area contributed by atoms with Gasteiger partial charge in [0.2, 0.25) is 0 Å². The number of Topliss-reactive ketones (excluding diaryl/α,β-unsaturated/α-hetero) is 1. The van der Waals surface area contributed by atoms with Gasteiger partial charge >= 0.3 is 0 Å². The standard InChI is InChI=1S/C12H11F2NO/c1-2-5-15-8-10(16)6-9-3-4-11(13)12(14)7-9/h1,3-4,7,15H,5-6,8H2. The van der Waals surface area contributed by atoms with Crippen LogP contribution in [0, 0.1) is 24.0 Å². The zero-order valence-corrected chi connectivity index (χ0v) is 8.59. The van der Waals surface area contributed by atoms with E-state index >= 15 is 0 Å². The Bertz CT molecular complexity index is 424. The Morgan fingerprint density at radius 2 is 2.12 bits per heavy atom. The Balaban J connectivity index is 2.50. The molecule has 0 heterocycles. The van der Waals surface area contributed by atoms with Crippen molar-refractivity contribution in [2.24, 2.45) is 0 Å². The van der Waals surface area contributed by atoms with Crippen molar-refractivity contribution in [1.82, 2.24) is 5.32 Å². The molecule has 84 valence electrons. The predicted octanol–water partition coefficient (Wildman–Crippen LogP) is 1.30. The smallest absolute Gasteiger partial charge is 0.159 e. The maximum atomic E-state index is 12.8. The maximum Gasteiger partial charge on any atom is 0.159 e. The van der Waals surface area contributed by atoms with Crippen molar-refractivity contribution in [3.63, 3.8) is 0 Å². The number of benzene rings is 1. The van der Waals surface area contributed by atoms with Crippen LogP contribution in [0.4, 0.5) is 8.78 Å². The number of hydrogen-bond donors (Lipinski definition) is 1. The Morgan fingerprint density at radius 3 is 2.75 bits per heavy atom. The van der Waals surface area contributed by atoms with Crippen LogP contribution in [0.2, 0.25) is 0 Å². The summed E-state index contributed by atoms with van der Waals surface area (Å²) in [6, 6.07) is 3.42. The van der Waals surface area contributed by atoms with E-state index in [9.17, 15) is 13.6 Å². The van der Waals surface area contributed by atoms with E-state index in [1.54, 1.807) is 0 Å². The third kappa shape index (κ3) is 3.79. The highest BCUT2D eigenvalue weighted by Crippen LogP contribution is 2.09. The number of carbonyl (C=O) groups excluding carboxylic acids is 1. The lowest BCUT2D eigenvalue weighted by Crippen LogP contribution is -2.24. The van der Waals surface area contributed by atoms with E-state index in [2.05, 4.69) is 11.2 Å². The quantitative estimate of drug-likeness (QED) is 0.602. The molecular formula is C12H11F2NO. The number of ketones is 1. The van der Waals surface area contributed by atoms with Crippen LogP contribution in [0.15, 0.2) is 18.2 Å². The molecule has 0 spiro atoms. The van der Waals surface area contributed by atoms with Gasteiger partial charge in [0.25, 0.3) is 0 Å². The lowest BCUT2D eigenvalue weighted by atomic mass is 10.1. The first-order chi connectivity index (χ1) is 7.63. The number of rotatable bonds is 5. The van der Waals surface area contributed by atoms with E-state index in [0.29, 0.717) is 12.1 Å². The highest BCUT2D eigenvalue weighted by atomic mass is 19.2. The molecule has 0 bridgehead atoms. The van der Waals surface area contributed by atoms with Crippen molar-refractivity contribution in [3.05, 3.63) is 35.4 Å². The van der Waals surface area contributed by atoms with Crippen LogP contribution in [-0.2, 0) is 11.2 Å². The molecule has 1 rings (SSSR count).